The number of thiophene rings is 1. The third kappa shape index (κ3) is 3.58. The summed E-state index contributed by atoms with van der Waals surface area (Å²) < 4.78 is 0.668. The summed E-state index contributed by atoms with van der Waals surface area (Å²) in [6.45, 7) is 2.01. The maximum Gasteiger partial charge on any atom is 0.288 e. The standard InChI is InChI=1S/C16H15ClN4O2S/c1-10-16(23)21(11-5-3-2-4-6-11)20-14(19-10)15(22)18-9-12-7-8-13(17)24-12/h2-8,10H,9H2,1H3,(H,18,22)(H,19,20). The number of hydrogen-bond donors (Lipinski definition) is 2. The van der Waals surface area contributed by atoms with E-state index in [1.807, 2.05) is 24.3 Å². The van der Waals surface area contributed by atoms with E-state index in [4.69, 9.17) is 11.6 Å². The normalized spacial score (nSPS) is 17.2. The first-order valence-corrected chi connectivity index (χ1v) is 8.50. The van der Waals surface area contributed by atoms with Crippen molar-refractivity contribution in [2.24, 2.45) is 4.99 Å². The Kier molecular flexibility index (Phi) is 4.82. The van der Waals surface area contributed by atoms with Crippen LogP contribution in [0.2, 0.25) is 4.34 Å². The summed E-state index contributed by atoms with van der Waals surface area (Å²) in [5, 5.41) is 4.11. The van der Waals surface area contributed by atoms with Crippen molar-refractivity contribution in [3.63, 3.8) is 0 Å². The molecule has 0 saturated carbocycles. The summed E-state index contributed by atoms with van der Waals surface area (Å²) in [4.78, 5) is 29.7. The minimum absolute atomic E-state index is 0.105. The van der Waals surface area contributed by atoms with Gasteiger partial charge in [-0.3, -0.25) is 15.0 Å². The number of hydrazine groups is 1. The van der Waals surface area contributed by atoms with Crippen molar-refractivity contribution >= 4 is 46.3 Å². The quantitative estimate of drug-likeness (QED) is 0.876. The zero-order valence-corrected chi connectivity index (χ0v) is 14.4. The second-order valence-electron chi connectivity index (χ2n) is 5.16. The second-order valence-corrected chi connectivity index (χ2v) is 6.96. The van der Waals surface area contributed by atoms with Gasteiger partial charge in [0.2, 0.25) is 5.84 Å². The van der Waals surface area contributed by atoms with Crippen LogP contribution in [0.3, 0.4) is 0 Å². The zero-order chi connectivity index (χ0) is 17.1. The van der Waals surface area contributed by atoms with Gasteiger partial charge in [0.15, 0.2) is 0 Å². The highest BCUT2D eigenvalue weighted by Crippen LogP contribution is 2.21. The number of nitrogens with one attached hydrogen (secondary N) is 2. The number of benzene rings is 1. The molecule has 1 aliphatic heterocycles. The number of hydrogen-bond acceptors (Lipinski definition) is 5. The van der Waals surface area contributed by atoms with E-state index >= 15 is 0 Å². The number of aliphatic imine (C=N–C) groups is 1. The van der Waals surface area contributed by atoms with Gasteiger partial charge in [0.05, 0.1) is 16.6 Å². The van der Waals surface area contributed by atoms with Crippen LogP contribution in [0.15, 0.2) is 47.5 Å². The van der Waals surface area contributed by atoms with Gasteiger partial charge in [-0.2, -0.15) is 0 Å². The lowest BCUT2D eigenvalue weighted by molar-refractivity contribution is -0.120. The monoisotopic (exact) mass is 362 g/mol. The van der Waals surface area contributed by atoms with Crippen molar-refractivity contribution in [2.45, 2.75) is 19.5 Å². The minimum Gasteiger partial charge on any atom is -0.344 e. The highest BCUT2D eigenvalue weighted by Gasteiger charge is 2.30. The van der Waals surface area contributed by atoms with E-state index in [9.17, 15) is 9.59 Å². The molecule has 1 atom stereocenters. The Hall–Kier alpha value is -2.38. The molecule has 0 saturated heterocycles. The molecule has 2 heterocycles. The van der Waals surface area contributed by atoms with Crippen molar-refractivity contribution in [3.05, 3.63) is 51.7 Å². The summed E-state index contributed by atoms with van der Waals surface area (Å²) in [6.07, 6.45) is 0. The molecule has 1 aromatic heterocycles. The molecule has 0 spiro atoms. The lowest BCUT2D eigenvalue weighted by Crippen LogP contribution is -2.57. The summed E-state index contributed by atoms with van der Waals surface area (Å²) >= 11 is 7.27. The molecule has 2 amide bonds. The molecule has 1 unspecified atom stereocenters. The summed E-state index contributed by atoms with van der Waals surface area (Å²) in [5.41, 5.74) is 3.44. The molecular weight excluding hydrogens is 348 g/mol. The molecular formula is C16H15ClN4O2S. The number of rotatable bonds is 4. The molecule has 8 heteroatoms. The topological polar surface area (TPSA) is 73.8 Å². The largest absolute Gasteiger partial charge is 0.344 e. The van der Waals surface area contributed by atoms with E-state index in [1.54, 1.807) is 25.1 Å². The number of para-hydroxylation sites is 1. The first-order chi connectivity index (χ1) is 11.5. The third-order valence-corrected chi connectivity index (χ3v) is 4.63. The van der Waals surface area contributed by atoms with Gasteiger partial charge in [0.25, 0.3) is 11.8 Å². The number of carbonyl (C=O) groups excluding carboxylic acids is 2. The van der Waals surface area contributed by atoms with Crippen molar-refractivity contribution in [3.8, 4) is 0 Å². The Bertz CT molecular complexity index is 790. The maximum absolute atomic E-state index is 12.3. The molecule has 6 nitrogen and oxygen atoms in total. The SMILES string of the molecule is CC1N=C(C(=O)NCc2ccc(Cl)s2)NN(c2ccccc2)C1=O. The molecule has 3 rings (SSSR count). The fourth-order valence-corrected chi connectivity index (χ4v) is 3.23. The first kappa shape index (κ1) is 16.5. The van der Waals surface area contributed by atoms with Crippen LogP contribution < -0.4 is 15.8 Å². The lowest BCUT2D eigenvalue weighted by Gasteiger charge is -2.30. The van der Waals surface area contributed by atoms with Crippen molar-refractivity contribution in [1.82, 2.24) is 10.7 Å². The van der Waals surface area contributed by atoms with E-state index in [1.165, 1.54) is 16.3 Å². The highest BCUT2D eigenvalue weighted by atomic mass is 35.5. The van der Waals surface area contributed by atoms with Gasteiger partial charge in [-0.05, 0) is 31.2 Å². The van der Waals surface area contributed by atoms with Crippen LogP contribution in [0.4, 0.5) is 5.69 Å². The minimum atomic E-state index is -0.636. The van der Waals surface area contributed by atoms with Gasteiger partial charge in [-0.1, -0.05) is 29.8 Å². The van der Waals surface area contributed by atoms with Gasteiger partial charge in [0, 0.05) is 4.88 Å². The van der Waals surface area contributed by atoms with E-state index < -0.39 is 6.04 Å². The van der Waals surface area contributed by atoms with E-state index in [0.717, 1.165) is 4.88 Å². The molecule has 2 aromatic rings. The second kappa shape index (κ2) is 7.02. The Morgan fingerprint density at radius 3 is 2.75 bits per heavy atom. The van der Waals surface area contributed by atoms with Crippen LogP contribution in [-0.4, -0.2) is 23.7 Å². The Morgan fingerprint density at radius 2 is 2.08 bits per heavy atom. The number of amides is 2. The van der Waals surface area contributed by atoms with Crippen molar-refractivity contribution in [1.29, 1.82) is 0 Å². The predicted molar refractivity (Wildman–Crippen MR) is 95.1 cm³/mol. The van der Waals surface area contributed by atoms with Gasteiger partial charge in [0.1, 0.15) is 6.04 Å². The van der Waals surface area contributed by atoms with Gasteiger partial charge in [-0.25, -0.2) is 10.0 Å². The molecule has 24 heavy (non-hydrogen) atoms. The number of anilines is 1. The van der Waals surface area contributed by atoms with Crippen LogP contribution >= 0.6 is 22.9 Å². The number of carbonyl (C=O) groups is 2. The summed E-state index contributed by atoms with van der Waals surface area (Å²) in [5.74, 6) is -0.490. The first-order valence-electron chi connectivity index (χ1n) is 7.30. The van der Waals surface area contributed by atoms with E-state index in [-0.39, 0.29) is 17.6 Å². The average Bonchev–Trinajstić information content (AvgIpc) is 3.01. The summed E-state index contributed by atoms with van der Waals surface area (Å²) in [7, 11) is 0. The lowest BCUT2D eigenvalue weighted by atomic mass is 10.2. The maximum atomic E-state index is 12.3. The van der Waals surface area contributed by atoms with E-state index in [2.05, 4.69) is 15.7 Å². The smallest absolute Gasteiger partial charge is 0.288 e. The molecule has 2 N–H and O–H groups in total. The molecule has 1 aliphatic rings. The van der Waals surface area contributed by atoms with Crippen molar-refractivity contribution < 1.29 is 9.59 Å². The number of nitrogens with zero attached hydrogens (tertiary/aromatic N) is 2. The number of amidine groups is 1. The van der Waals surface area contributed by atoms with Gasteiger partial charge in [-0.15, -0.1) is 11.3 Å². The van der Waals surface area contributed by atoms with Crippen LogP contribution in [0.5, 0.6) is 0 Å². The molecule has 0 aliphatic carbocycles. The van der Waals surface area contributed by atoms with Crippen molar-refractivity contribution in [2.75, 3.05) is 5.01 Å². The molecule has 0 fully saturated rings. The average molecular weight is 363 g/mol. The third-order valence-electron chi connectivity index (χ3n) is 3.40. The Morgan fingerprint density at radius 1 is 1.33 bits per heavy atom. The molecule has 0 radical (unpaired) electrons. The van der Waals surface area contributed by atoms with Crippen LogP contribution in [-0.2, 0) is 16.1 Å². The number of halogens is 1. The van der Waals surface area contributed by atoms with Crippen LogP contribution in [0.25, 0.3) is 0 Å². The zero-order valence-electron chi connectivity index (χ0n) is 12.8. The van der Waals surface area contributed by atoms with Crippen LogP contribution in [0, 0.1) is 0 Å². The molecule has 0 bridgehead atoms. The Labute approximate surface area is 148 Å². The van der Waals surface area contributed by atoms with E-state index in [0.29, 0.717) is 16.6 Å². The van der Waals surface area contributed by atoms with Gasteiger partial charge >= 0.3 is 0 Å². The molecule has 1 aromatic carbocycles. The van der Waals surface area contributed by atoms with Crippen LogP contribution in [0.1, 0.15) is 11.8 Å². The highest BCUT2D eigenvalue weighted by molar-refractivity contribution is 7.16. The Balaban J connectivity index is 1.71. The van der Waals surface area contributed by atoms with Gasteiger partial charge < -0.3 is 5.32 Å². The summed E-state index contributed by atoms with van der Waals surface area (Å²) in [6, 6.07) is 12.1. The predicted octanol–water partition coefficient (Wildman–Crippen LogP) is 2.36. The molecule has 124 valence electrons. The fourth-order valence-electron chi connectivity index (χ4n) is 2.20. The fraction of sp³-hybridized carbons (Fsp3) is 0.188.